The Morgan fingerprint density at radius 3 is 2.57 bits per heavy atom. The van der Waals surface area contributed by atoms with Crippen LogP contribution in [0.2, 0.25) is 0 Å². The number of amides is 2. The minimum atomic E-state index is -0.106. The predicted molar refractivity (Wildman–Crippen MR) is 112 cm³/mol. The van der Waals surface area contributed by atoms with Crippen molar-refractivity contribution in [3.8, 4) is 11.5 Å². The first kappa shape index (κ1) is 20.2. The Balaban J connectivity index is 1.72. The van der Waals surface area contributed by atoms with Crippen molar-refractivity contribution in [3.05, 3.63) is 45.9 Å². The number of methoxy groups -OCH3 is 2. The van der Waals surface area contributed by atoms with E-state index >= 15 is 0 Å². The van der Waals surface area contributed by atoms with Crippen LogP contribution in [0.25, 0.3) is 0 Å². The predicted octanol–water partition coefficient (Wildman–Crippen LogP) is 3.95. The molecule has 0 saturated carbocycles. The average molecular weight is 447 g/mol. The molecule has 7 heteroatoms. The van der Waals surface area contributed by atoms with Gasteiger partial charge in [-0.1, -0.05) is 22.0 Å². The largest absolute Gasteiger partial charge is 0.493 e. The molecule has 148 valence electrons. The van der Waals surface area contributed by atoms with E-state index < -0.39 is 0 Å². The van der Waals surface area contributed by atoms with Crippen molar-refractivity contribution in [1.29, 1.82) is 0 Å². The molecule has 2 aromatic carbocycles. The lowest BCUT2D eigenvalue weighted by Crippen LogP contribution is -2.27. The number of hydrogen-bond donors (Lipinski definition) is 1. The number of nitrogens with zero attached hydrogens (tertiary/aromatic N) is 1. The van der Waals surface area contributed by atoms with E-state index in [0.29, 0.717) is 36.6 Å². The molecule has 0 fully saturated rings. The van der Waals surface area contributed by atoms with Gasteiger partial charge in [-0.25, -0.2) is 0 Å². The third kappa shape index (κ3) is 4.30. The van der Waals surface area contributed by atoms with Crippen LogP contribution in [0, 0.1) is 0 Å². The fourth-order valence-corrected chi connectivity index (χ4v) is 3.93. The topological polar surface area (TPSA) is 67.9 Å². The summed E-state index contributed by atoms with van der Waals surface area (Å²) in [5.41, 5.74) is 3.50. The summed E-state index contributed by atoms with van der Waals surface area (Å²) in [6.45, 7) is 2.18. The van der Waals surface area contributed by atoms with Crippen LogP contribution in [-0.2, 0) is 22.4 Å². The molecule has 0 saturated heterocycles. The summed E-state index contributed by atoms with van der Waals surface area (Å²) in [7, 11) is 3.18. The Bertz CT molecular complexity index is 914. The third-order valence-electron chi connectivity index (χ3n) is 4.77. The summed E-state index contributed by atoms with van der Waals surface area (Å²) in [5.74, 6) is 1.17. The molecule has 1 N–H and O–H groups in total. The molecule has 0 aromatic heterocycles. The zero-order valence-corrected chi connectivity index (χ0v) is 17.8. The van der Waals surface area contributed by atoms with Crippen LogP contribution < -0.4 is 19.7 Å². The van der Waals surface area contributed by atoms with Gasteiger partial charge in [-0.15, -0.1) is 0 Å². The molecule has 0 radical (unpaired) electrons. The van der Waals surface area contributed by atoms with Gasteiger partial charge in [0.05, 0.1) is 25.6 Å². The van der Waals surface area contributed by atoms with Crippen LogP contribution in [0.4, 0.5) is 11.4 Å². The highest BCUT2D eigenvalue weighted by Gasteiger charge is 2.26. The summed E-state index contributed by atoms with van der Waals surface area (Å²) in [4.78, 5) is 26.2. The fourth-order valence-electron chi connectivity index (χ4n) is 3.43. The van der Waals surface area contributed by atoms with Gasteiger partial charge in [0, 0.05) is 24.4 Å². The molecule has 0 bridgehead atoms. The van der Waals surface area contributed by atoms with E-state index in [1.54, 1.807) is 26.0 Å². The van der Waals surface area contributed by atoms with Gasteiger partial charge in [-0.05, 0) is 48.2 Å². The van der Waals surface area contributed by atoms with Gasteiger partial charge < -0.3 is 19.7 Å². The van der Waals surface area contributed by atoms with Crippen LogP contribution >= 0.6 is 15.9 Å². The lowest BCUT2D eigenvalue weighted by Gasteiger charge is -2.19. The maximum Gasteiger partial charge on any atom is 0.224 e. The van der Waals surface area contributed by atoms with E-state index in [0.717, 1.165) is 27.7 Å². The van der Waals surface area contributed by atoms with Gasteiger partial charge in [0.1, 0.15) is 0 Å². The molecular formula is C21H23BrN2O4. The van der Waals surface area contributed by atoms with Crippen molar-refractivity contribution in [1.82, 2.24) is 0 Å². The van der Waals surface area contributed by atoms with Gasteiger partial charge in [0.2, 0.25) is 11.8 Å². The number of nitrogens with one attached hydrogen (secondary N) is 1. The monoisotopic (exact) mass is 446 g/mol. The van der Waals surface area contributed by atoms with Crippen molar-refractivity contribution in [2.75, 3.05) is 31.0 Å². The van der Waals surface area contributed by atoms with Crippen LogP contribution in [0.5, 0.6) is 11.5 Å². The molecule has 6 nitrogen and oxygen atoms in total. The summed E-state index contributed by atoms with van der Waals surface area (Å²) in [6, 6.07) is 9.47. The summed E-state index contributed by atoms with van der Waals surface area (Å²) < 4.78 is 11.4. The van der Waals surface area contributed by atoms with Crippen LogP contribution in [0.15, 0.2) is 34.8 Å². The normalized spacial score (nSPS) is 12.5. The number of benzene rings is 2. The van der Waals surface area contributed by atoms with Gasteiger partial charge in [-0.3, -0.25) is 9.59 Å². The first-order valence-electron chi connectivity index (χ1n) is 9.04. The summed E-state index contributed by atoms with van der Waals surface area (Å²) in [6.07, 6.45) is 1.67. The zero-order chi connectivity index (χ0) is 20.3. The standard InChI is InChI=1S/C21H23BrN2O4/c1-13(25)24-9-8-15-11-16(22)12-17(21(15)24)23-20(26)7-5-14-4-6-18(27-2)19(10-14)28-3/h4,6,10-12H,5,7-9H2,1-3H3,(H,23,26). The molecule has 1 aliphatic rings. The molecule has 0 atom stereocenters. The van der Waals surface area contributed by atoms with Crippen molar-refractivity contribution in [3.63, 3.8) is 0 Å². The lowest BCUT2D eigenvalue weighted by molar-refractivity contribution is -0.117. The number of anilines is 2. The molecule has 0 spiro atoms. The molecule has 3 rings (SSSR count). The molecule has 2 aromatic rings. The van der Waals surface area contributed by atoms with E-state index in [4.69, 9.17) is 9.47 Å². The van der Waals surface area contributed by atoms with Crippen LogP contribution in [0.1, 0.15) is 24.5 Å². The second kappa shape index (κ2) is 8.65. The van der Waals surface area contributed by atoms with Crippen LogP contribution in [0.3, 0.4) is 0 Å². The smallest absolute Gasteiger partial charge is 0.224 e. The SMILES string of the molecule is COc1ccc(CCC(=O)Nc2cc(Br)cc3c2N(C(C)=O)CC3)cc1OC. The van der Waals surface area contributed by atoms with E-state index in [2.05, 4.69) is 21.2 Å². The number of hydrogen-bond acceptors (Lipinski definition) is 4. The van der Waals surface area contributed by atoms with E-state index in [-0.39, 0.29) is 11.8 Å². The Morgan fingerprint density at radius 1 is 1.14 bits per heavy atom. The second-order valence-corrected chi connectivity index (χ2v) is 7.53. The third-order valence-corrected chi connectivity index (χ3v) is 5.23. The van der Waals surface area contributed by atoms with Crippen molar-refractivity contribution >= 4 is 39.1 Å². The molecular weight excluding hydrogens is 424 g/mol. The second-order valence-electron chi connectivity index (χ2n) is 6.62. The number of halogens is 1. The molecule has 0 aliphatic carbocycles. The molecule has 2 amide bonds. The highest BCUT2D eigenvalue weighted by molar-refractivity contribution is 9.10. The Labute approximate surface area is 172 Å². The Kier molecular flexibility index (Phi) is 6.24. The average Bonchev–Trinajstić information content (AvgIpc) is 3.10. The van der Waals surface area contributed by atoms with Crippen molar-refractivity contribution in [2.24, 2.45) is 0 Å². The van der Waals surface area contributed by atoms with Crippen molar-refractivity contribution in [2.45, 2.75) is 26.2 Å². The molecule has 0 unspecified atom stereocenters. The number of rotatable bonds is 6. The Hall–Kier alpha value is -2.54. The highest BCUT2D eigenvalue weighted by atomic mass is 79.9. The van der Waals surface area contributed by atoms with Gasteiger partial charge in [-0.2, -0.15) is 0 Å². The van der Waals surface area contributed by atoms with Gasteiger partial charge in [0.25, 0.3) is 0 Å². The minimum Gasteiger partial charge on any atom is -0.493 e. The number of aryl methyl sites for hydroxylation is 1. The first-order chi connectivity index (χ1) is 13.4. The van der Waals surface area contributed by atoms with Crippen LogP contribution in [-0.4, -0.2) is 32.6 Å². The number of ether oxygens (including phenoxy) is 2. The maximum atomic E-state index is 12.6. The summed E-state index contributed by atoms with van der Waals surface area (Å²) >= 11 is 3.49. The molecule has 1 heterocycles. The number of fused-ring (bicyclic) bond motifs is 1. The van der Waals surface area contributed by atoms with Gasteiger partial charge >= 0.3 is 0 Å². The zero-order valence-electron chi connectivity index (χ0n) is 16.2. The number of carbonyl (C=O) groups is 2. The maximum absolute atomic E-state index is 12.6. The van der Waals surface area contributed by atoms with E-state index in [1.807, 2.05) is 30.3 Å². The van der Waals surface area contributed by atoms with E-state index in [9.17, 15) is 9.59 Å². The fraction of sp³-hybridized carbons (Fsp3) is 0.333. The Morgan fingerprint density at radius 2 is 1.89 bits per heavy atom. The molecule has 1 aliphatic heterocycles. The van der Waals surface area contributed by atoms with E-state index in [1.165, 1.54) is 0 Å². The van der Waals surface area contributed by atoms with Crippen molar-refractivity contribution < 1.29 is 19.1 Å². The quantitative estimate of drug-likeness (QED) is 0.729. The first-order valence-corrected chi connectivity index (χ1v) is 9.83. The molecule has 28 heavy (non-hydrogen) atoms. The number of carbonyl (C=O) groups excluding carboxylic acids is 2. The lowest BCUT2D eigenvalue weighted by atomic mass is 10.1. The van der Waals surface area contributed by atoms with Gasteiger partial charge in [0.15, 0.2) is 11.5 Å². The minimum absolute atomic E-state index is 0.0260. The summed E-state index contributed by atoms with van der Waals surface area (Å²) in [5, 5.41) is 2.97. The highest BCUT2D eigenvalue weighted by Crippen LogP contribution is 2.38.